The fourth-order valence-electron chi connectivity index (χ4n) is 1.99. The number of aromatic carboxylic acids is 1. The van der Waals surface area contributed by atoms with Gasteiger partial charge in [-0.1, -0.05) is 11.3 Å². The van der Waals surface area contributed by atoms with Gasteiger partial charge in [0.05, 0.1) is 0 Å². The molecule has 94 valence electrons. The van der Waals surface area contributed by atoms with Gasteiger partial charge in [0, 0.05) is 19.2 Å². The average molecular weight is 266 g/mol. The maximum absolute atomic E-state index is 11.3. The Hall–Kier alpha value is -1.96. The topological polar surface area (TPSA) is 87.8 Å². The highest BCUT2D eigenvalue weighted by molar-refractivity contribution is 7.20. The van der Waals surface area contributed by atoms with Crippen molar-refractivity contribution in [3.05, 3.63) is 22.1 Å². The van der Waals surface area contributed by atoms with Crippen molar-refractivity contribution in [2.75, 3.05) is 18.0 Å². The largest absolute Gasteiger partial charge is 0.477 e. The molecule has 1 fully saturated rings. The van der Waals surface area contributed by atoms with Gasteiger partial charge in [-0.15, -0.1) is 5.10 Å². The van der Waals surface area contributed by atoms with Crippen LogP contribution in [0.2, 0.25) is 0 Å². The normalized spacial score (nSPS) is 15.4. The molecule has 0 atom stereocenters. The number of hydrogen-bond acceptors (Lipinski definition) is 6. The summed E-state index contributed by atoms with van der Waals surface area (Å²) in [5, 5.41) is 14.0. The van der Waals surface area contributed by atoms with Gasteiger partial charge in [0.15, 0.2) is 5.69 Å². The van der Waals surface area contributed by atoms with Gasteiger partial charge < -0.3 is 10.0 Å². The van der Waals surface area contributed by atoms with E-state index in [4.69, 9.17) is 5.11 Å². The minimum atomic E-state index is -1.18. The lowest BCUT2D eigenvalue weighted by Crippen LogP contribution is -2.18. The molecule has 0 saturated carbocycles. The number of hydrogen-bond donors (Lipinski definition) is 1. The summed E-state index contributed by atoms with van der Waals surface area (Å²) in [5.74, 6) is -1.18. The molecular formula is C10H10N4O3S. The summed E-state index contributed by atoms with van der Waals surface area (Å²) in [6, 6.07) is 0.989. The van der Waals surface area contributed by atoms with E-state index in [9.17, 15) is 9.59 Å². The molecule has 1 N–H and O–H groups in total. The molecule has 18 heavy (non-hydrogen) atoms. The smallest absolute Gasteiger partial charge is 0.354 e. The Morgan fingerprint density at radius 2 is 2.11 bits per heavy atom. The lowest BCUT2D eigenvalue weighted by Gasteiger charge is -2.11. The third-order valence-electron chi connectivity index (χ3n) is 2.84. The Bertz CT molecular complexity index is 671. The first-order chi connectivity index (χ1) is 8.65. The first kappa shape index (κ1) is 11.1. The maximum Gasteiger partial charge on any atom is 0.354 e. The van der Waals surface area contributed by atoms with Crippen LogP contribution in [0, 0.1) is 0 Å². The first-order valence-corrected chi connectivity index (χ1v) is 6.36. The standard InChI is InChI=1S/C10H10N4O3S/c15-7-5-6(8(16)17)14-9(11-7)18-10(12-14)13-3-1-2-4-13/h5H,1-4H2,(H,16,17). The van der Waals surface area contributed by atoms with E-state index in [-0.39, 0.29) is 5.69 Å². The van der Waals surface area contributed by atoms with Gasteiger partial charge in [-0.05, 0) is 12.8 Å². The molecule has 0 bridgehead atoms. The molecule has 0 unspecified atom stereocenters. The summed E-state index contributed by atoms with van der Waals surface area (Å²) in [6.45, 7) is 1.82. The minimum Gasteiger partial charge on any atom is -0.477 e. The lowest BCUT2D eigenvalue weighted by atomic mass is 10.4. The van der Waals surface area contributed by atoms with E-state index in [2.05, 4.69) is 15.0 Å². The molecule has 3 heterocycles. The lowest BCUT2D eigenvalue weighted by molar-refractivity contribution is 0.0687. The highest BCUT2D eigenvalue weighted by Crippen LogP contribution is 2.25. The fourth-order valence-corrected chi connectivity index (χ4v) is 2.95. The molecule has 2 aromatic rings. The van der Waals surface area contributed by atoms with Crippen LogP contribution >= 0.6 is 11.3 Å². The van der Waals surface area contributed by atoms with Crippen LogP contribution in [-0.2, 0) is 0 Å². The highest BCUT2D eigenvalue weighted by atomic mass is 32.1. The Morgan fingerprint density at radius 3 is 2.78 bits per heavy atom. The van der Waals surface area contributed by atoms with Crippen LogP contribution in [0.25, 0.3) is 4.96 Å². The summed E-state index contributed by atoms with van der Waals surface area (Å²) < 4.78 is 1.22. The second kappa shape index (κ2) is 4.05. The number of aromatic nitrogens is 3. The van der Waals surface area contributed by atoms with Crippen molar-refractivity contribution in [1.29, 1.82) is 0 Å². The number of fused-ring (bicyclic) bond motifs is 1. The number of nitrogens with zero attached hydrogens (tertiary/aromatic N) is 4. The molecule has 0 radical (unpaired) electrons. The Kier molecular flexibility index (Phi) is 2.51. The number of carbonyl (C=O) groups is 1. The van der Waals surface area contributed by atoms with Gasteiger partial charge in [-0.25, -0.2) is 4.79 Å². The molecule has 1 aliphatic rings. The van der Waals surface area contributed by atoms with Crippen LogP contribution in [0.4, 0.5) is 5.13 Å². The fraction of sp³-hybridized carbons (Fsp3) is 0.400. The van der Waals surface area contributed by atoms with Crippen molar-refractivity contribution >= 4 is 27.4 Å². The van der Waals surface area contributed by atoms with Crippen LogP contribution in [0.1, 0.15) is 23.3 Å². The zero-order chi connectivity index (χ0) is 12.7. The molecule has 1 saturated heterocycles. The van der Waals surface area contributed by atoms with Crippen LogP contribution in [0.15, 0.2) is 10.9 Å². The Labute approximate surface area is 105 Å². The molecule has 0 aliphatic carbocycles. The molecule has 8 heteroatoms. The number of carboxylic acids is 1. The maximum atomic E-state index is 11.3. The summed E-state index contributed by atoms with van der Waals surface area (Å²) in [7, 11) is 0. The Morgan fingerprint density at radius 1 is 1.39 bits per heavy atom. The molecule has 3 rings (SSSR count). The third-order valence-corrected chi connectivity index (χ3v) is 3.81. The first-order valence-electron chi connectivity index (χ1n) is 5.54. The quantitative estimate of drug-likeness (QED) is 0.849. The molecule has 0 aromatic carbocycles. The third kappa shape index (κ3) is 1.74. The van der Waals surface area contributed by atoms with Gasteiger partial charge in [0.1, 0.15) is 0 Å². The van der Waals surface area contributed by atoms with Crippen molar-refractivity contribution in [3.63, 3.8) is 0 Å². The predicted octanol–water partition coefficient (Wildman–Crippen LogP) is 0.449. The molecule has 2 aromatic heterocycles. The molecular weight excluding hydrogens is 256 g/mol. The van der Waals surface area contributed by atoms with E-state index >= 15 is 0 Å². The van der Waals surface area contributed by atoms with E-state index in [1.165, 1.54) is 15.9 Å². The predicted molar refractivity (Wildman–Crippen MR) is 65.5 cm³/mol. The van der Waals surface area contributed by atoms with Crippen molar-refractivity contribution in [2.45, 2.75) is 12.8 Å². The second-order valence-corrected chi connectivity index (χ2v) is 4.99. The van der Waals surface area contributed by atoms with E-state index in [0.29, 0.717) is 10.1 Å². The minimum absolute atomic E-state index is 0.147. The van der Waals surface area contributed by atoms with Crippen molar-refractivity contribution in [3.8, 4) is 0 Å². The summed E-state index contributed by atoms with van der Waals surface area (Å²) in [5.41, 5.74) is -0.698. The SMILES string of the molecule is O=C(O)c1cc(=O)nc2sc(N3CCCC3)nn12. The highest BCUT2D eigenvalue weighted by Gasteiger charge is 2.20. The van der Waals surface area contributed by atoms with E-state index in [0.717, 1.165) is 32.0 Å². The second-order valence-electron chi connectivity index (χ2n) is 4.06. The number of rotatable bonds is 2. The number of anilines is 1. The van der Waals surface area contributed by atoms with Crippen LogP contribution in [0.5, 0.6) is 0 Å². The number of carboxylic acid groups (broad SMARTS) is 1. The monoisotopic (exact) mass is 266 g/mol. The van der Waals surface area contributed by atoms with Crippen molar-refractivity contribution < 1.29 is 9.90 Å². The summed E-state index contributed by atoms with van der Waals surface area (Å²) in [6.07, 6.45) is 2.21. The van der Waals surface area contributed by atoms with Gasteiger partial charge >= 0.3 is 5.97 Å². The molecule has 1 aliphatic heterocycles. The van der Waals surface area contributed by atoms with Crippen molar-refractivity contribution in [1.82, 2.24) is 14.6 Å². The van der Waals surface area contributed by atoms with Gasteiger partial charge in [0.25, 0.3) is 5.56 Å². The zero-order valence-corrected chi connectivity index (χ0v) is 10.2. The molecule has 7 nitrogen and oxygen atoms in total. The van der Waals surface area contributed by atoms with Gasteiger partial charge in [-0.3, -0.25) is 4.79 Å². The van der Waals surface area contributed by atoms with Crippen LogP contribution in [0.3, 0.4) is 0 Å². The zero-order valence-electron chi connectivity index (χ0n) is 9.37. The van der Waals surface area contributed by atoms with Crippen molar-refractivity contribution in [2.24, 2.45) is 0 Å². The Balaban J connectivity index is 2.18. The van der Waals surface area contributed by atoms with E-state index in [1.54, 1.807) is 0 Å². The van der Waals surface area contributed by atoms with E-state index in [1.807, 2.05) is 0 Å². The molecule has 0 amide bonds. The van der Waals surface area contributed by atoms with Gasteiger partial charge in [0.2, 0.25) is 10.1 Å². The summed E-state index contributed by atoms with van der Waals surface area (Å²) >= 11 is 1.24. The van der Waals surface area contributed by atoms with Crippen LogP contribution in [-0.4, -0.2) is 38.8 Å². The average Bonchev–Trinajstić information content (AvgIpc) is 2.95. The summed E-state index contributed by atoms with van der Waals surface area (Å²) in [4.78, 5) is 28.6. The van der Waals surface area contributed by atoms with Gasteiger partial charge in [-0.2, -0.15) is 9.50 Å². The van der Waals surface area contributed by atoms with Crippen LogP contribution < -0.4 is 10.5 Å². The molecule has 0 spiro atoms. The van der Waals surface area contributed by atoms with E-state index < -0.39 is 11.5 Å².